The van der Waals surface area contributed by atoms with Gasteiger partial charge in [0.25, 0.3) is 11.5 Å². The van der Waals surface area contributed by atoms with Crippen LogP contribution in [0.15, 0.2) is 35.3 Å². The van der Waals surface area contributed by atoms with Gasteiger partial charge in [0.1, 0.15) is 16.8 Å². The molecule has 0 saturated carbocycles. The minimum Gasteiger partial charge on any atom is -0.395 e. The molecule has 8 heteroatoms. The summed E-state index contributed by atoms with van der Waals surface area (Å²) in [6.07, 6.45) is 8.33. The first-order valence-electron chi connectivity index (χ1n) is 10.6. The number of hydrogen-bond acceptors (Lipinski definition) is 5. The average molecular weight is 412 g/mol. The normalized spacial score (nSPS) is 11.3. The molecule has 0 saturated heterocycles. The van der Waals surface area contributed by atoms with Crippen LogP contribution in [0, 0.1) is 5.41 Å². The van der Waals surface area contributed by atoms with Crippen molar-refractivity contribution < 1.29 is 9.90 Å². The Morgan fingerprint density at radius 2 is 1.97 bits per heavy atom. The van der Waals surface area contributed by atoms with E-state index in [-0.39, 0.29) is 46.7 Å². The number of rotatable bonds is 10. The van der Waals surface area contributed by atoms with Gasteiger partial charge in [0.2, 0.25) is 0 Å². The fourth-order valence-corrected chi connectivity index (χ4v) is 3.58. The minimum atomic E-state index is -0.389. The zero-order valence-corrected chi connectivity index (χ0v) is 17.4. The number of unbranched alkanes of at least 4 members (excludes halogenated alkanes) is 5. The van der Waals surface area contributed by atoms with E-state index in [0.717, 1.165) is 19.3 Å². The summed E-state index contributed by atoms with van der Waals surface area (Å²) in [6.45, 7) is 2.54. The Morgan fingerprint density at radius 3 is 2.73 bits per heavy atom. The maximum absolute atomic E-state index is 13.0. The Labute approximate surface area is 174 Å². The largest absolute Gasteiger partial charge is 0.395 e. The van der Waals surface area contributed by atoms with Gasteiger partial charge in [-0.25, -0.2) is 4.98 Å². The summed E-state index contributed by atoms with van der Waals surface area (Å²) in [5, 5.41) is 21.0. The highest BCUT2D eigenvalue weighted by Gasteiger charge is 2.17. The van der Waals surface area contributed by atoms with Crippen LogP contribution in [0.3, 0.4) is 0 Å². The molecule has 0 bridgehead atoms. The second-order valence-electron chi connectivity index (χ2n) is 7.39. The third-order valence-corrected chi connectivity index (χ3v) is 5.20. The molecule has 160 valence electrons. The average Bonchev–Trinajstić information content (AvgIpc) is 2.75. The summed E-state index contributed by atoms with van der Waals surface area (Å²) >= 11 is 0. The number of fused-ring (bicyclic) bond motifs is 2. The molecule has 1 amide bonds. The summed E-state index contributed by atoms with van der Waals surface area (Å²) in [7, 11) is 0. The van der Waals surface area contributed by atoms with Crippen LogP contribution in [-0.2, 0) is 6.54 Å². The summed E-state index contributed by atoms with van der Waals surface area (Å²) in [6, 6.07) is 6.65. The van der Waals surface area contributed by atoms with Crippen LogP contribution >= 0.6 is 0 Å². The molecule has 3 rings (SSSR count). The van der Waals surface area contributed by atoms with Gasteiger partial charge in [-0.15, -0.1) is 0 Å². The third-order valence-electron chi connectivity index (χ3n) is 5.20. The van der Waals surface area contributed by atoms with Crippen LogP contribution in [0.4, 0.5) is 0 Å². The standard InChI is InChI=1S/C22H29N5O3/c1-2-3-4-5-6-8-11-24-21(29)16-15-17-20(27(13-14-28)19(16)23)25-18-10-7-9-12-26(18)22(17)30/h7,9-10,12,15,23,28H,2-6,8,11,13-14H2,1H3,(H,24,29). The molecular formula is C22H29N5O3. The van der Waals surface area contributed by atoms with E-state index in [1.54, 1.807) is 24.4 Å². The zero-order chi connectivity index (χ0) is 21.5. The first-order chi connectivity index (χ1) is 14.6. The molecule has 3 N–H and O–H groups in total. The summed E-state index contributed by atoms with van der Waals surface area (Å²) in [5.74, 6) is -0.389. The number of aliphatic hydroxyl groups excluding tert-OH is 1. The number of aliphatic hydroxyl groups is 1. The number of nitrogens with one attached hydrogen (secondary N) is 2. The molecule has 3 aromatic heterocycles. The van der Waals surface area contributed by atoms with Crippen LogP contribution in [0.2, 0.25) is 0 Å². The molecular weight excluding hydrogens is 382 g/mol. The van der Waals surface area contributed by atoms with Gasteiger partial charge < -0.3 is 15.0 Å². The summed E-state index contributed by atoms with van der Waals surface area (Å²) in [5.41, 5.74) is 0.465. The molecule has 0 aliphatic carbocycles. The predicted octanol–water partition coefficient (Wildman–Crippen LogP) is 2.21. The molecule has 3 aromatic rings. The number of amides is 1. The highest BCUT2D eigenvalue weighted by Crippen LogP contribution is 2.10. The topological polar surface area (TPSA) is 112 Å². The van der Waals surface area contributed by atoms with E-state index < -0.39 is 0 Å². The van der Waals surface area contributed by atoms with Crippen molar-refractivity contribution >= 4 is 22.6 Å². The molecule has 30 heavy (non-hydrogen) atoms. The predicted molar refractivity (Wildman–Crippen MR) is 116 cm³/mol. The van der Waals surface area contributed by atoms with Gasteiger partial charge in [0, 0.05) is 19.3 Å². The number of nitrogens with zero attached hydrogens (tertiary/aromatic N) is 3. The highest BCUT2D eigenvalue weighted by molar-refractivity contribution is 5.96. The Balaban J connectivity index is 1.91. The molecule has 0 aromatic carbocycles. The van der Waals surface area contributed by atoms with E-state index in [1.807, 2.05) is 0 Å². The van der Waals surface area contributed by atoms with Crippen molar-refractivity contribution in [2.24, 2.45) is 0 Å². The van der Waals surface area contributed by atoms with E-state index in [0.29, 0.717) is 12.2 Å². The number of aromatic nitrogens is 3. The quantitative estimate of drug-likeness (QED) is 0.351. The molecule has 0 aliphatic rings. The van der Waals surface area contributed by atoms with E-state index in [2.05, 4.69) is 17.2 Å². The van der Waals surface area contributed by atoms with E-state index >= 15 is 0 Å². The summed E-state index contributed by atoms with van der Waals surface area (Å²) < 4.78 is 2.83. The van der Waals surface area contributed by atoms with Crippen LogP contribution in [-0.4, -0.2) is 38.1 Å². The monoisotopic (exact) mass is 411 g/mol. The van der Waals surface area contributed by atoms with Crippen LogP contribution in [0.25, 0.3) is 16.7 Å². The lowest BCUT2D eigenvalue weighted by Gasteiger charge is -2.14. The van der Waals surface area contributed by atoms with Gasteiger partial charge in [-0.1, -0.05) is 45.1 Å². The molecule has 0 unspecified atom stereocenters. The lowest BCUT2D eigenvalue weighted by atomic mass is 10.1. The van der Waals surface area contributed by atoms with Gasteiger partial charge >= 0.3 is 0 Å². The van der Waals surface area contributed by atoms with Crippen molar-refractivity contribution in [1.29, 1.82) is 5.41 Å². The maximum atomic E-state index is 13.0. The Bertz CT molecular complexity index is 1150. The van der Waals surface area contributed by atoms with Crippen molar-refractivity contribution in [3.8, 4) is 0 Å². The Morgan fingerprint density at radius 1 is 1.20 bits per heavy atom. The first-order valence-corrected chi connectivity index (χ1v) is 10.6. The molecule has 3 heterocycles. The van der Waals surface area contributed by atoms with Gasteiger partial charge in [0.15, 0.2) is 0 Å². The molecule has 0 fully saturated rings. The van der Waals surface area contributed by atoms with Crippen molar-refractivity contribution in [2.75, 3.05) is 13.2 Å². The van der Waals surface area contributed by atoms with Crippen LogP contribution in [0.5, 0.6) is 0 Å². The van der Waals surface area contributed by atoms with E-state index in [4.69, 9.17) is 5.41 Å². The lowest BCUT2D eigenvalue weighted by molar-refractivity contribution is 0.0950. The molecule has 0 spiro atoms. The SMILES string of the molecule is CCCCCCCCNC(=O)c1cc2c(=O)n3ccccc3nc2n(CCO)c1=N. The Kier molecular flexibility index (Phi) is 7.35. The molecule has 0 aliphatic heterocycles. The second-order valence-corrected chi connectivity index (χ2v) is 7.39. The summed E-state index contributed by atoms with van der Waals surface area (Å²) in [4.78, 5) is 30.2. The van der Waals surface area contributed by atoms with Gasteiger partial charge in [-0.05, 0) is 24.6 Å². The van der Waals surface area contributed by atoms with Crippen molar-refractivity contribution in [3.63, 3.8) is 0 Å². The molecule has 0 atom stereocenters. The Hall–Kier alpha value is -3.00. The number of hydrogen-bond donors (Lipinski definition) is 3. The van der Waals surface area contributed by atoms with Crippen molar-refractivity contribution in [1.82, 2.24) is 19.3 Å². The van der Waals surface area contributed by atoms with E-state index in [9.17, 15) is 14.7 Å². The third kappa shape index (κ3) is 4.59. The second kappa shape index (κ2) is 10.2. The number of pyridine rings is 2. The zero-order valence-electron chi connectivity index (χ0n) is 17.4. The lowest BCUT2D eigenvalue weighted by Crippen LogP contribution is -2.35. The molecule has 0 radical (unpaired) electrons. The fourth-order valence-electron chi connectivity index (χ4n) is 3.58. The van der Waals surface area contributed by atoms with Gasteiger partial charge in [-0.3, -0.25) is 19.4 Å². The minimum absolute atomic E-state index is 0.0656. The van der Waals surface area contributed by atoms with Crippen LogP contribution < -0.4 is 16.4 Å². The fraction of sp³-hybridized carbons (Fsp3) is 0.455. The first kappa shape index (κ1) is 21.7. The number of carbonyl (C=O) groups excluding carboxylic acids is 1. The van der Waals surface area contributed by atoms with Crippen LogP contribution in [0.1, 0.15) is 55.8 Å². The van der Waals surface area contributed by atoms with Crippen molar-refractivity contribution in [3.05, 3.63) is 51.9 Å². The van der Waals surface area contributed by atoms with Crippen molar-refractivity contribution in [2.45, 2.75) is 52.0 Å². The van der Waals surface area contributed by atoms with E-state index in [1.165, 1.54) is 34.3 Å². The smallest absolute Gasteiger partial charge is 0.267 e. The highest BCUT2D eigenvalue weighted by atomic mass is 16.3. The number of carbonyl (C=O) groups is 1. The van der Waals surface area contributed by atoms with Gasteiger partial charge in [0.05, 0.1) is 17.6 Å². The molecule has 8 nitrogen and oxygen atoms in total. The maximum Gasteiger partial charge on any atom is 0.267 e. The van der Waals surface area contributed by atoms with Gasteiger partial charge in [-0.2, -0.15) is 0 Å².